The second kappa shape index (κ2) is 7.18. The molecule has 0 aliphatic rings. The van der Waals surface area contributed by atoms with Crippen LogP contribution in [0.4, 0.5) is 0 Å². The van der Waals surface area contributed by atoms with Crippen molar-refractivity contribution >= 4 is 11.9 Å². The molecular formula is C21H20N2O2. The summed E-state index contributed by atoms with van der Waals surface area (Å²) < 4.78 is 6.95. The minimum Gasteiger partial charge on any atom is -0.497 e. The Morgan fingerprint density at radius 2 is 1.72 bits per heavy atom. The highest BCUT2D eigenvalue weighted by atomic mass is 16.5. The van der Waals surface area contributed by atoms with Gasteiger partial charge < -0.3 is 4.74 Å². The fraction of sp³-hybridized carbons (Fsp3) is 0.143. The molecule has 4 heteroatoms. The number of hydrogen-bond acceptors (Lipinski definition) is 3. The second-order valence-corrected chi connectivity index (χ2v) is 5.76. The van der Waals surface area contributed by atoms with E-state index in [0.29, 0.717) is 5.56 Å². The van der Waals surface area contributed by atoms with Crippen molar-refractivity contribution in [3.8, 4) is 11.4 Å². The van der Waals surface area contributed by atoms with Crippen LogP contribution >= 0.6 is 0 Å². The molecule has 1 heterocycles. The van der Waals surface area contributed by atoms with Crippen molar-refractivity contribution in [1.82, 2.24) is 9.78 Å². The first-order valence-electron chi connectivity index (χ1n) is 8.08. The Morgan fingerprint density at radius 1 is 1.04 bits per heavy atom. The Kier molecular flexibility index (Phi) is 4.80. The van der Waals surface area contributed by atoms with E-state index in [1.165, 1.54) is 0 Å². The number of para-hydroxylation sites is 1. The SMILES string of the molecule is COc1ccc(/C=C/C(=O)c2c(C)nn(-c3ccccc3)c2C)cc1. The van der Waals surface area contributed by atoms with Crippen molar-refractivity contribution in [2.75, 3.05) is 7.11 Å². The largest absolute Gasteiger partial charge is 0.497 e. The van der Waals surface area contributed by atoms with Gasteiger partial charge in [0.2, 0.25) is 0 Å². The van der Waals surface area contributed by atoms with E-state index in [1.807, 2.05) is 73.1 Å². The van der Waals surface area contributed by atoms with Crippen LogP contribution in [0.25, 0.3) is 11.8 Å². The van der Waals surface area contributed by atoms with Crippen molar-refractivity contribution in [1.29, 1.82) is 0 Å². The smallest absolute Gasteiger partial charge is 0.189 e. The number of carbonyl (C=O) groups excluding carboxylic acids is 1. The van der Waals surface area contributed by atoms with E-state index in [0.717, 1.165) is 28.4 Å². The Labute approximate surface area is 147 Å². The predicted molar refractivity (Wildman–Crippen MR) is 99.4 cm³/mol. The molecule has 0 N–H and O–H groups in total. The molecule has 25 heavy (non-hydrogen) atoms. The number of rotatable bonds is 5. The third-order valence-electron chi connectivity index (χ3n) is 4.08. The van der Waals surface area contributed by atoms with Crippen molar-refractivity contribution < 1.29 is 9.53 Å². The van der Waals surface area contributed by atoms with Crippen LogP contribution in [0, 0.1) is 13.8 Å². The summed E-state index contributed by atoms with van der Waals surface area (Å²) >= 11 is 0. The van der Waals surface area contributed by atoms with Gasteiger partial charge in [-0.15, -0.1) is 0 Å². The number of ketones is 1. The number of carbonyl (C=O) groups is 1. The summed E-state index contributed by atoms with van der Waals surface area (Å²) in [4.78, 5) is 12.7. The lowest BCUT2D eigenvalue weighted by molar-refractivity contribution is 0.104. The quantitative estimate of drug-likeness (QED) is 0.514. The zero-order chi connectivity index (χ0) is 17.8. The monoisotopic (exact) mass is 332 g/mol. The maximum atomic E-state index is 12.7. The van der Waals surface area contributed by atoms with Crippen molar-refractivity contribution in [2.24, 2.45) is 0 Å². The zero-order valence-corrected chi connectivity index (χ0v) is 14.6. The molecule has 0 fully saturated rings. The van der Waals surface area contributed by atoms with Crippen molar-refractivity contribution in [3.63, 3.8) is 0 Å². The van der Waals surface area contributed by atoms with E-state index in [-0.39, 0.29) is 5.78 Å². The average Bonchev–Trinajstić information content (AvgIpc) is 2.95. The van der Waals surface area contributed by atoms with E-state index in [1.54, 1.807) is 19.3 Å². The standard InChI is InChI=1S/C21H20N2O2/c1-15-21(16(2)23(22-15)18-7-5-4-6-8-18)20(24)14-11-17-9-12-19(25-3)13-10-17/h4-14H,1-3H3/b14-11+. The topological polar surface area (TPSA) is 44.1 Å². The molecule has 3 aromatic rings. The lowest BCUT2D eigenvalue weighted by atomic mass is 10.1. The van der Waals surface area contributed by atoms with Gasteiger partial charge in [0.15, 0.2) is 5.78 Å². The molecule has 0 spiro atoms. The van der Waals surface area contributed by atoms with Gasteiger partial charge in [0.05, 0.1) is 29.7 Å². The van der Waals surface area contributed by atoms with E-state index < -0.39 is 0 Å². The minimum absolute atomic E-state index is 0.0481. The zero-order valence-electron chi connectivity index (χ0n) is 14.6. The first-order valence-corrected chi connectivity index (χ1v) is 8.08. The van der Waals surface area contributed by atoms with E-state index in [4.69, 9.17) is 4.74 Å². The molecule has 0 saturated carbocycles. The summed E-state index contributed by atoms with van der Waals surface area (Å²) in [6.45, 7) is 3.78. The van der Waals surface area contributed by atoms with E-state index in [2.05, 4.69) is 5.10 Å². The molecule has 0 aliphatic carbocycles. The summed E-state index contributed by atoms with van der Waals surface area (Å²) in [7, 11) is 1.63. The third kappa shape index (κ3) is 3.53. The molecule has 2 aromatic carbocycles. The maximum Gasteiger partial charge on any atom is 0.189 e. The molecule has 0 radical (unpaired) electrons. The predicted octanol–water partition coefficient (Wildman–Crippen LogP) is 4.39. The Balaban J connectivity index is 1.87. The highest BCUT2D eigenvalue weighted by molar-refractivity contribution is 6.08. The summed E-state index contributed by atoms with van der Waals surface area (Å²) in [5, 5.41) is 4.52. The van der Waals surface area contributed by atoms with Gasteiger partial charge in [-0.1, -0.05) is 36.4 Å². The first kappa shape index (κ1) is 16.7. The van der Waals surface area contributed by atoms with E-state index in [9.17, 15) is 4.79 Å². The minimum atomic E-state index is -0.0481. The lowest BCUT2D eigenvalue weighted by Gasteiger charge is -2.04. The number of ether oxygens (including phenoxy) is 1. The fourth-order valence-electron chi connectivity index (χ4n) is 2.79. The number of benzene rings is 2. The van der Waals surface area contributed by atoms with Crippen LogP contribution in [-0.2, 0) is 0 Å². The maximum absolute atomic E-state index is 12.7. The van der Waals surface area contributed by atoms with Crippen LogP contribution in [0.15, 0.2) is 60.7 Å². The van der Waals surface area contributed by atoms with Crippen LogP contribution in [0.2, 0.25) is 0 Å². The van der Waals surface area contributed by atoms with Gasteiger partial charge in [0.1, 0.15) is 5.75 Å². The molecule has 0 bridgehead atoms. The van der Waals surface area contributed by atoms with Gasteiger partial charge in [-0.2, -0.15) is 5.10 Å². The summed E-state index contributed by atoms with van der Waals surface area (Å²) in [5.74, 6) is 0.743. The molecule has 0 aliphatic heterocycles. The molecule has 0 atom stereocenters. The molecule has 126 valence electrons. The Morgan fingerprint density at radius 3 is 2.36 bits per heavy atom. The van der Waals surface area contributed by atoms with Crippen LogP contribution in [0.3, 0.4) is 0 Å². The van der Waals surface area contributed by atoms with Crippen molar-refractivity contribution in [2.45, 2.75) is 13.8 Å². The number of hydrogen-bond donors (Lipinski definition) is 0. The van der Waals surface area contributed by atoms with Crippen LogP contribution in [0.1, 0.15) is 27.3 Å². The number of allylic oxidation sites excluding steroid dienone is 1. The molecule has 1 aromatic heterocycles. The number of nitrogens with zero attached hydrogens (tertiary/aromatic N) is 2. The number of aromatic nitrogens is 2. The van der Waals surface area contributed by atoms with Gasteiger partial charge >= 0.3 is 0 Å². The molecule has 3 rings (SSSR count). The molecule has 0 unspecified atom stereocenters. The Hall–Kier alpha value is -3.14. The molecule has 0 amide bonds. The lowest BCUT2D eigenvalue weighted by Crippen LogP contribution is -2.01. The molecular weight excluding hydrogens is 312 g/mol. The molecule has 0 saturated heterocycles. The van der Waals surface area contributed by atoms with Gasteiger partial charge in [0.25, 0.3) is 0 Å². The highest BCUT2D eigenvalue weighted by Crippen LogP contribution is 2.19. The number of aryl methyl sites for hydroxylation is 1. The van der Waals surface area contributed by atoms with Gasteiger partial charge in [-0.25, -0.2) is 4.68 Å². The van der Waals surface area contributed by atoms with Gasteiger partial charge in [-0.3, -0.25) is 4.79 Å². The first-order chi connectivity index (χ1) is 12.1. The van der Waals surface area contributed by atoms with E-state index >= 15 is 0 Å². The highest BCUT2D eigenvalue weighted by Gasteiger charge is 2.17. The number of methoxy groups -OCH3 is 1. The summed E-state index contributed by atoms with van der Waals surface area (Å²) in [6.07, 6.45) is 3.40. The van der Waals surface area contributed by atoms with Crippen LogP contribution in [-0.4, -0.2) is 22.7 Å². The third-order valence-corrected chi connectivity index (χ3v) is 4.08. The Bertz CT molecular complexity index is 907. The second-order valence-electron chi connectivity index (χ2n) is 5.76. The summed E-state index contributed by atoms with van der Waals surface area (Å²) in [6, 6.07) is 17.4. The van der Waals surface area contributed by atoms with Crippen LogP contribution in [0.5, 0.6) is 5.75 Å². The van der Waals surface area contributed by atoms with Crippen molar-refractivity contribution in [3.05, 3.63) is 83.2 Å². The van der Waals surface area contributed by atoms with Crippen LogP contribution < -0.4 is 4.74 Å². The normalized spacial score (nSPS) is 11.0. The van der Waals surface area contributed by atoms with Gasteiger partial charge in [-0.05, 0) is 49.8 Å². The molecule has 4 nitrogen and oxygen atoms in total. The summed E-state index contributed by atoms with van der Waals surface area (Å²) in [5.41, 5.74) is 4.11. The fourth-order valence-corrected chi connectivity index (χ4v) is 2.79. The average molecular weight is 332 g/mol. The van der Waals surface area contributed by atoms with Gasteiger partial charge in [0, 0.05) is 0 Å².